The van der Waals surface area contributed by atoms with E-state index < -0.39 is 56.6 Å². The summed E-state index contributed by atoms with van der Waals surface area (Å²) in [4.78, 5) is 27.4. The van der Waals surface area contributed by atoms with Crippen LogP contribution >= 0.6 is 7.75 Å². The van der Waals surface area contributed by atoms with Gasteiger partial charge in [0.1, 0.15) is 24.0 Å². The number of carbonyl (C=O) groups is 1. The number of fused-ring (bicyclic) bond motifs is 1. The SMILES string of the molecule is CC(C)OC(=O)[C@H](C)N[P@@](=O)(OC[C@H]1O[C@@H](n2cnc3c(N(C)C4CC4)nc(N)nc32)[C@](C)(F)[C@@H]1O)Oc1ccccc1. The van der Waals surface area contributed by atoms with Crippen molar-refractivity contribution in [3.05, 3.63) is 36.7 Å². The van der Waals surface area contributed by atoms with Gasteiger partial charge in [-0.2, -0.15) is 15.1 Å². The predicted octanol–water partition coefficient (Wildman–Crippen LogP) is 3.13. The zero-order valence-corrected chi connectivity index (χ0v) is 25.5. The van der Waals surface area contributed by atoms with Crippen molar-refractivity contribution in [2.24, 2.45) is 0 Å². The van der Waals surface area contributed by atoms with Gasteiger partial charge in [0.15, 0.2) is 28.9 Å². The molecule has 0 spiro atoms. The summed E-state index contributed by atoms with van der Waals surface area (Å²) in [6.45, 7) is 5.43. The van der Waals surface area contributed by atoms with E-state index in [4.69, 9.17) is 24.3 Å². The second-order valence-corrected chi connectivity index (χ2v) is 12.9. The number of aromatic nitrogens is 4. The Morgan fingerprint density at radius 1 is 1.30 bits per heavy atom. The number of carbonyl (C=O) groups excluding carboxylic acids is 1. The molecule has 43 heavy (non-hydrogen) atoms. The predicted molar refractivity (Wildman–Crippen MR) is 155 cm³/mol. The maximum absolute atomic E-state index is 16.2. The van der Waals surface area contributed by atoms with E-state index in [1.807, 2.05) is 11.9 Å². The minimum Gasteiger partial charge on any atom is -0.462 e. The van der Waals surface area contributed by atoms with Gasteiger partial charge >= 0.3 is 13.7 Å². The van der Waals surface area contributed by atoms with E-state index in [-0.39, 0.29) is 17.3 Å². The van der Waals surface area contributed by atoms with E-state index >= 15 is 4.39 Å². The highest BCUT2D eigenvalue weighted by molar-refractivity contribution is 7.52. The van der Waals surface area contributed by atoms with Gasteiger partial charge in [-0.05, 0) is 52.7 Å². The standard InChI is InChI=1S/C27H37FN7O7P/c1-15(2)40-24(37)16(3)33-43(38,42-18-9-7-6-8-10-18)39-13-19-21(36)27(4,28)25(41-19)35-14-30-20-22(34(5)17-11-12-17)31-26(29)32-23(20)35/h6-10,14-17,19,21,25,36H,11-13H2,1-5H3,(H,33,38)(H2,29,31,32)/t16-,19+,21+,25+,27+,43+/m0/s1. The van der Waals surface area contributed by atoms with Gasteiger partial charge in [-0.1, -0.05) is 18.2 Å². The van der Waals surface area contributed by atoms with E-state index in [0.717, 1.165) is 12.8 Å². The lowest BCUT2D eigenvalue weighted by molar-refractivity contribution is -0.149. The van der Waals surface area contributed by atoms with E-state index in [1.165, 1.54) is 24.7 Å². The molecule has 0 bridgehead atoms. The number of aliphatic hydroxyl groups is 1. The van der Waals surface area contributed by atoms with Crippen molar-refractivity contribution in [2.45, 2.75) is 82.8 Å². The third kappa shape index (κ3) is 6.60. The third-order valence-corrected chi connectivity index (χ3v) is 8.90. The van der Waals surface area contributed by atoms with Crippen LogP contribution in [0, 0.1) is 0 Å². The van der Waals surface area contributed by atoms with Gasteiger partial charge in [-0.3, -0.25) is 13.9 Å². The Morgan fingerprint density at radius 3 is 2.65 bits per heavy atom. The topological polar surface area (TPSA) is 176 Å². The van der Waals surface area contributed by atoms with Gasteiger partial charge in [-0.25, -0.2) is 13.9 Å². The van der Waals surface area contributed by atoms with Gasteiger partial charge in [-0.15, -0.1) is 0 Å². The molecule has 1 saturated heterocycles. The molecule has 1 aliphatic heterocycles. The molecule has 1 saturated carbocycles. The molecule has 16 heteroatoms. The van der Waals surface area contributed by atoms with E-state index in [2.05, 4.69) is 20.0 Å². The molecular formula is C27H37FN7O7P. The number of alkyl halides is 1. The molecule has 14 nitrogen and oxygen atoms in total. The Bertz CT molecular complexity index is 1500. The van der Waals surface area contributed by atoms with Gasteiger partial charge < -0.3 is 29.7 Å². The number of hydrogen-bond acceptors (Lipinski definition) is 12. The summed E-state index contributed by atoms with van der Waals surface area (Å²) >= 11 is 0. The average molecular weight is 622 g/mol. The number of nitrogens with zero attached hydrogens (tertiary/aromatic N) is 5. The molecule has 1 aromatic carbocycles. The average Bonchev–Trinajstić information content (AvgIpc) is 3.67. The fourth-order valence-electron chi connectivity index (χ4n) is 4.83. The fraction of sp³-hybridized carbons (Fsp3) is 0.556. The lowest BCUT2D eigenvalue weighted by Gasteiger charge is -2.25. The summed E-state index contributed by atoms with van der Waals surface area (Å²) in [6, 6.07) is 7.39. The van der Waals surface area contributed by atoms with Crippen molar-refractivity contribution >= 4 is 36.6 Å². The molecule has 0 amide bonds. The van der Waals surface area contributed by atoms with Gasteiger partial charge in [0.2, 0.25) is 5.95 Å². The Balaban J connectivity index is 1.37. The summed E-state index contributed by atoms with van der Waals surface area (Å²) in [6.07, 6.45) is -1.43. The van der Waals surface area contributed by atoms with Crippen LogP contribution in [-0.2, 0) is 23.4 Å². The first-order chi connectivity index (χ1) is 20.3. The molecule has 5 rings (SSSR count). The number of halogens is 1. The summed E-state index contributed by atoms with van der Waals surface area (Å²) in [5.41, 5.74) is 4.29. The first kappa shape index (κ1) is 31.1. The van der Waals surface area contributed by atoms with Gasteiger partial charge in [0, 0.05) is 13.1 Å². The largest absolute Gasteiger partial charge is 0.462 e. The quantitative estimate of drug-likeness (QED) is 0.199. The summed E-state index contributed by atoms with van der Waals surface area (Å²) < 4.78 is 53.8. The molecule has 2 aromatic heterocycles. The third-order valence-electron chi connectivity index (χ3n) is 7.25. The van der Waals surface area contributed by atoms with E-state index in [0.29, 0.717) is 17.4 Å². The number of ether oxygens (including phenoxy) is 2. The fourth-order valence-corrected chi connectivity index (χ4v) is 6.33. The number of esters is 1. The number of rotatable bonds is 12. The number of nitrogen functional groups attached to an aromatic ring is 1. The lowest BCUT2D eigenvalue weighted by Crippen LogP contribution is -2.41. The van der Waals surface area contributed by atoms with Crippen molar-refractivity contribution in [3.63, 3.8) is 0 Å². The number of aliphatic hydroxyl groups excluding tert-OH is 1. The minimum absolute atomic E-state index is 0.0223. The molecule has 4 N–H and O–H groups in total. The highest BCUT2D eigenvalue weighted by Gasteiger charge is 2.56. The Kier molecular flexibility index (Phi) is 8.65. The number of nitrogens with two attached hydrogens (primary N) is 1. The van der Waals surface area contributed by atoms with Crippen LogP contribution in [0.3, 0.4) is 0 Å². The summed E-state index contributed by atoms with van der Waals surface area (Å²) in [5.74, 6) is 0.00539. The number of anilines is 2. The van der Waals surface area contributed by atoms with Crippen LogP contribution in [0.1, 0.15) is 46.8 Å². The molecule has 3 aromatic rings. The number of hydrogen-bond donors (Lipinski definition) is 3. The van der Waals surface area contributed by atoms with Crippen LogP contribution < -0.4 is 20.2 Å². The van der Waals surface area contributed by atoms with Gasteiger partial charge in [0.05, 0.1) is 19.0 Å². The maximum Gasteiger partial charge on any atom is 0.459 e. The van der Waals surface area contributed by atoms with Crippen LogP contribution in [0.5, 0.6) is 5.75 Å². The molecule has 2 aliphatic rings. The van der Waals surface area contributed by atoms with Crippen molar-refractivity contribution in [2.75, 3.05) is 24.3 Å². The van der Waals surface area contributed by atoms with Gasteiger partial charge in [0.25, 0.3) is 0 Å². The summed E-state index contributed by atoms with van der Waals surface area (Å²) in [7, 11) is -2.41. The molecule has 3 heterocycles. The van der Waals surface area contributed by atoms with Crippen LogP contribution in [-0.4, -0.2) is 80.3 Å². The van der Waals surface area contributed by atoms with Crippen LogP contribution in [0.2, 0.25) is 0 Å². The molecule has 1 aliphatic carbocycles. The van der Waals surface area contributed by atoms with E-state index in [9.17, 15) is 14.5 Å². The minimum atomic E-state index is -4.29. The highest BCUT2D eigenvalue weighted by atomic mass is 31.2. The Hall–Kier alpha value is -3.36. The summed E-state index contributed by atoms with van der Waals surface area (Å²) in [5, 5.41) is 13.5. The van der Waals surface area contributed by atoms with Crippen molar-refractivity contribution < 1.29 is 37.4 Å². The number of imidazole rings is 1. The van der Waals surface area contributed by atoms with Crippen LogP contribution in [0.15, 0.2) is 36.7 Å². The molecule has 0 radical (unpaired) electrons. The lowest BCUT2D eigenvalue weighted by atomic mass is 9.98. The number of benzene rings is 1. The van der Waals surface area contributed by atoms with Crippen LogP contribution in [0.4, 0.5) is 16.2 Å². The number of para-hydroxylation sites is 1. The zero-order chi connectivity index (χ0) is 31.1. The first-order valence-corrected chi connectivity index (χ1v) is 15.6. The monoisotopic (exact) mass is 621 g/mol. The Labute approximate surface area is 248 Å². The smallest absolute Gasteiger partial charge is 0.459 e. The molecule has 0 unspecified atom stereocenters. The highest BCUT2D eigenvalue weighted by Crippen LogP contribution is 2.48. The zero-order valence-electron chi connectivity index (χ0n) is 24.6. The molecular weight excluding hydrogens is 584 g/mol. The molecule has 6 atom stereocenters. The van der Waals surface area contributed by atoms with Crippen molar-refractivity contribution in [3.8, 4) is 5.75 Å². The second kappa shape index (κ2) is 12.0. The first-order valence-electron chi connectivity index (χ1n) is 14.0. The van der Waals surface area contributed by atoms with Crippen molar-refractivity contribution in [1.29, 1.82) is 0 Å². The Morgan fingerprint density at radius 2 is 2.00 bits per heavy atom. The normalized spacial score (nSPS) is 25.9. The van der Waals surface area contributed by atoms with E-state index in [1.54, 1.807) is 44.2 Å². The maximum atomic E-state index is 16.2. The number of nitrogens with one attached hydrogen (secondary N) is 1. The second-order valence-electron chi connectivity index (χ2n) is 11.2. The molecule has 2 fully saturated rings. The molecule has 234 valence electrons. The van der Waals surface area contributed by atoms with Crippen LogP contribution in [0.25, 0.3) is 11.2 Å². The van der Waals surface area contributed by atoms with Crippen molar-refractivity contribution in [1.82, 2.24) is 24.6 Å².